The first-order chi connectivity index (χ1) is 7.82. The highest BCUT2D eigenvalue weighted by Gasteiger charge is 2.44. The van der Waals surface area contributed by atoms with E-state index in [1.165, 1.54) is 25.7 Å². The zero-order valence-corrected chi connectivity index (χ0v) is 13.2. The highest BCUT2D eigenvalue weighted by Crippen LogP contribution is 2.53. The van der Waals surface area contributed by atoms with Gasteiger partial charge in [-0.05, 0) is 47.8 Å². The number of hydrogen-bond acceptors (Lipinski definition) is 0. The Hall–Kier alpha value is 0. The van der Waals surface area contributed by atoms with Gasteiger partial charge in [0.05, 0.1) is 0 Å². The molecule has 0 aliphatic heterocycles. The summed E-state index contributed by atoms with van der Waals surface area (Å²) in [5.74, 6) is 4.66. The lowest BCUT2D eigenvalue weighted by Gasteiger charge is -2.33. The number of rotatable bonds is 5. The van der Waals surface area contributed by atoms with Crippen LogP contribution in [0, 0.1) is 35.0 Å². The Kier molecular flexibility index (Phi) is 5.10. The Balaban J connectivity index is 2.86. The van der Waals surface area contributed by atoms with Gasteiger partial charge in [0, 0.05) is 0 Å². The molecule has 4 unspecified atom stereocenters. The SMILES string of the molecule is CCC(C)C1CC(C)(C)CC1C(CC)C(C)C. The lowest BCUT2D eigenvalue weighted by atomic mass is 9.72. The maximum Gasteiger partial charge on any atom is -0.0347 e. The van der Waals surface area contributed by atoms with Gasteiger partial charge in [0.25, 0.3) is 0 Å². The molecule has 0 saturated heterocycles. The van der Waals surface area contributed by atoms with Crippen LogP contribution in [-0.4, -0.2) is 0 Å². The summed E-state index contributed by atoms with van der Waals surface area (Å²) in [5.41, 5.74) is 0.584. The minimum atomic E-state index is 0.584. The lowest BCUT2D eigenvalue weighted by molar-refractivity contribution is 0.155. The van der Waals surface area contributed by atoms with Crippen LogP contribution in [0.25, 0.3) is 0 Å². The van der Waals surface area contributed by atoms with Crippen molar-refractivity contribution in [1.82, 2.24) is 0 Å². The summed E-state index contributed by atoms with van der Waals surface area (Å²) < 4.78 is 0. The van der Waals surface area contributed by atoms with Gasteiger partial charge in [-0.3, -0.25) is 0 Å². The molecule has 0 heteroatoms. The van der Waals surface area contributed by atoms with Gasteiger partial charge in [-0.2, -0.15) is 0 Å². The van der Waals surface area contributed by atoms with Gasteiger partial charge in [-0.15, -0.1) is 0 Å². The number of hydrogen-bond donors (Lipinski definition) is 0. The molecule has 1 rings (SSSR count). The molecule has 1 fully saturated rings. The maximum absolute atomic E-state index is 2.48. The lowest BCUT2D eigenvalue weighted by Crippen LogP contribution is -2.26. The van der Waals surface area contributed by atoms with E-state index in [9.17, 15) is 0 Å². The predicted octanol–water partition coefficient (Wildman–Crippen LogP) is 5.77. The fourth-order valence-electron chi connectivity index (χ4n) is 4.33. The first-order valence-corrected chi connectivity index (χ1v) is 7.82. The van der Waals surface area contributed by atoms with Gasteiger partial charge in [-0.1, -0.05) is 61.3 Å². The van der Waals surface area contributed by atoms with Crippen molar-refractivity contribution in [3.8, 4) is 0 Å². The molecule has 1 aliphatic carbocycles. The second kappa shape index (κ2) is 5.76. The van der Waals surface area contributed by atoms with Gasteiger partial charge in [0.2, 0.25) is 0 Å². The van der Waals surface area contributed by atoms with Crippen LogP contribution >= 0.6 is 0 Å². The van der Waals surface area contributed by atoms with Crippen LogP contribution in [0.2, 0.25) is 0 Å². The fraction of sp³-hybridized carbons (Fsp3) is 1.00. The summed E-state index contributed by atoms with van der Waals surface area (Å²) in [6.45, 7) is 17.0. The molecule has 0 aromatic heterocycles. The molecule has 0 aromatic carbocycles. The minimum absolute atomic E-state index is 0.584. The third-order valence-electron chi connectivity index (χ3n) is 5.38. The summed E-state index contributed by atoms with van der Waals surface area (Å²) in [4.78, 5) is 0. The van der Waals surface area contributed by atoms with Crippen LogP contribution in [0.3, 0.4) is 0 Å². The summed E-state index contributed by atoms with van der Waals surface area (Å²) in [7, 11) is 0. The van der Waals surface area contributed by atoms with E-state index < -0.39 is 0 Å². The van der Waals surface area contributed by atoms with Gasteiger partial charge in [0.1, 0.15) is 0 Å². The van der Waals surface area contributed by atoms with Gasteiger partial charge >= 0.3 is 0 Å². The molecule has 17 heavy (non-hydrogen) atoms. The molecule has 102 valence electrons. The highest BCUT2D eigenvalue weighted by atomic mass is 14.5. The van der Waals surface area contributed by atoms with Crippen molar-refractivity contribution in [1.29, 1.82) is 0 Å². The van der Waals surface area contributed by atoms with Crippen molar-refractivity contribution >= 4 is 0 Å². The Morgan fingerprint density at radius 3 is 1.88 bits per heavy atom. The average molecular weight is 238 g/mol. The summed E-state index contributed by atoms with van der Waals surface area (Å²) in [6, 6.07) is 0. The standard InChI is InChI=1S/C17H34/c1-8-13(5)15-10-17(6,7)11-16(15)14(9-2)12(3)4/h12-16H,8-11H2,1-7H3. The van der Waals surface area contributed by atoms with E-state index in [4.69, 9.17) is 0 Å². The molecular formula is C17H34. The van der Waals surface area contributed by atoms with E-state index in [-0.39, 0.29) is 0 Å². The fourth-order valence-corrected chi connectivity index (χ4v) is 4.33. The molecule has 0 bridgehead atoms. The molecule has 0 amide bonds. The van der Waals surface area contributed by atoms with Crippen molar-refractivity contribution < 1.29 is 0 Å². The first-order valence-electron chi connectivity index (χ1n) is 7.82. The van der Waals surface area contributed by atoms with E-state index >= 15 is 0 Å². The second-order valence-corrected chi connectivity index (χ2v) is 7.60. The third-order valence-corrected chi connectivity index (χ3v) is 5.38. The molecule has 0 radical (unpaired) electrons. The van der Waals surface area contributed by atoms with Crippen molar-refractivity contribution in [2.45, 2.75) is 74.1 Å². The van der Waals surface area contributed by atoms with E-state index in [0.717, 1.165) is 29.6 Å². The summed E-state index contributed by atoms with van der Waals surface area (Å²) in [5, 5.41) is 0. The Labute approximate surface area is 110 Å². The molecule has 1 saturated carbocycles. The Morgan fingerprint density at radius 1 is 0.941 bits per heavy atom. The topological polar surface area (TPSA) is 0 Å². The third kappa shape index (κ3) is 3.48. The van der Waals surface area contributed by atoms with Crippen molar-refractivity contribution in [3.63, 3.8) is 0 Å². The van der Waals surface area contributed by atoms with Gasteiger partial charge < -0.3 is 0 Å². The van der Waals surface area contributed by atoms with Gasteiger partial charge in [0.15, 0.2) is 0 Å². The molecule has 0 heterocycles. The Morgan fingerprint density at radius 2 is 1.47 bits per heavy atom. The quantitative estimate of drug-likeness (QED) is 0.570. The maximum atomic E-state index is 2.48. The molecule has 0 nitrogen and oxygen atoms in total. The molecule has 0 spiro atoms. The van der Waals surface area contributed by atoms with Crippen molar-refractivity contribution in [2.24, 2.45) is 35.0 Å². The molecule has 4 atom stereocenters. The monoisotopic (exact) mass is 238 g/mol. The van der Waals surface area contributed by atoms with Crippen molar-refractivity contribution in [2.75, 3.05) is 0 Å². The Bertz CT molecular complexity index is 226. The average Bonchev–Trinajstić information content (AvgIpc) is 2.54. The zero-order chi connectivity index (χ0) is 13.2. The molecular weight excluding hydrogens is 204 g/mol. The summed E-state index contributed by atoms with van der Waals surface area (Å²) >= 11 is 0. The largest absolute Gasteiger partial charge is 0.0651 e. The summed E-state index contributed by atoms with van der Waals surface area (Å²) in [6.07, 6.45) is 5.63. The molecule has 0 aromatic rings. The van der Waals surface area contributed by atoms with Crippen LogP contribution in [-0.2, 0) is 0 Å². The van der Waals surface area contributed by atoms with Crippen LogP contribution in [0.4, 0.5) is 0 Å². The van der Waals surface area contributed by atoms with Crippen LogP contribution in [0.15, 0.2) is 0 Å². The van der Waals surface area contributed by atoms with E-state index in [1.54, 1.807) is 0 Å². The van der Waals surface area contributed by atoms with Crippen LogP contribution in [0.5, 0.6) is 0 Å². The smallest absolute Gasteiger partial charge is 0.0347 e. The second-order valence-electron chi connectivity index (χ2n) is 7.60. The van der Waals surface area contributed by atoms with E-state index in [1.807, 2.05) is 0 Å². The van der Waals surface area contributed by atoms with Crippen LogP contribution < -0.4 is 0 Å². The predicted molar refractivity (Wildman–Crippen MR) is 78.1 cm³/mol. The molecule has 1 aliphatic rings. The minimum Gasteiger partial charge on any atom is -0.0651 e. The van der Waals surface area contributed by atoms with Crippen LogP contribution in [0.1, 0.15) is 74.1 Å². The van der Waals surface area contributed by atoms with Gasteiger partial charge in [-0.25, -0.2) is 0 Å². The normalized spacial score (nSPS) is 31.8. The first kappa shape index (κ1) is 15.1. The van der Waals surface area contributed by atoms with E-state index in [2.05, 4.69) is 48.5 Å². The molecule has 0 N–H and O–H groups in total. The zero-order valence-electron chi connectivity index (χ0n) is 13.2. The van der Waals surface area contributed by atoms with Crippen molar-refractivity contribution in [3.05, 3.63) is 0 Å². The van der Waals surface area contributed by atoms with E-state index in [0.29, 0.717) is 5.41 Å². The highest BCUT2D eigenvalue weighted by molar-refractivity contribution is 4.93.